The number of fused-ring (bicyclic) bond motifs is 1. The summed E-state index contributed by atoms with van der Waals surface area (Å²) in [6, 6.07) is 11.5. The van der Waals surface area contributed by atoms with Gasteiger partial charge in [-0.05, 0) is 35.9 Å². The molecule has 1 fully saturated rings. The third-order valence-electron chi connectivity index (χ3n) is 6.11. The van der Waals surface area contributed by atoms with Gasteiger partial charge in [-0.15, -0.1) is 0 Å². The molecule has 9 nitrogen and oxygen atoms in total. The lowest BCUT2D eigenvalue weighted by Crippen LogP contribution is -2.55. The molecular formula is C24H26N7O2+. The minimum Gasteiger partial charge on any atom is -0.345 e. The number of aromatic nitrogens is 5. The molecule has 0 saturated carbocycles. The molecular weight excluding hydrogens is 418 g/mol. The summed E-state index contributed by atoms with van der Waals surface area (Å²) in [5.41, 5.74) is 4.07. The van der Waals surface area contributed by atoms with E-state index in [0.29, 0.717) is 37.4 Å². The molecule has 0 radical (unpaired) electrons. The summed E-state index contributed by atoms with van der Waals surface area (Å²) in [5.74, 6) is 0.724. The monoisotopic (exact) mass is 444 g/mol. The molecule has 0 bridgehead atoms. The molecule has 1 aliphatic heterocycles. The number of rotatable bonds is 5. The van der Waals surface area contributed by atoms with Crippen LogP contribution in [-0.4, -0.2) is 73.8 Å². The summed E-state index contributed by atoms with van der Waals surface area (Å²) in [7, 11) is 3.69. The van der Waals surface area contributed by atoms with E-state index >= 15 is 0 Å². The second-order valence-electron chi connectivity index (χ2n) is 8.79. The van der Waals surface area contributed by atoms with Crippen molar-refractivity contribution < 1.29 is 14.6 Å². The summed E-state index contributed by atoms with van der Waals surface area (Å²) in [5, 5.41) is 23.9. The van der Waals surface area contributed by atoms with E-state index in [1.807, 2.05) is 49.8 Å². The quantitative estimate of drug-likeness (QED) is 0.373. The number of benzene rings is 1. The van der Waals surface area contributed by atoms with Gasteiger partial charge in [0.05, 0.1) is 44.0 Å². The third kappa shape index (κ3) is 4.59. The van der Waals surface area contributed by atoms with Crippen molar-refractivity contribution in [1.82, 2.24) is 25.0 Å². The summed E-state index contributed by atoms with van der Waals surface area (Å²) in [6.07, 6.45) is 5.61. The Labute approximate surface area is 191 Å². The zero-order valence-electron chi connectivity index (χ0n) is 18.7. The second-order valence-corrected chi connectivity index (χ2v) is 8.79. The molecule has 1 N–H and O–H groups in total. The van der Waals surface area contributed by atoms with Gasteiger partial charge in [0.15, 0.2) is 5.78 Å². The van der Waals surface area contributed by atoms with Crippen molar-refractivity contribution in [2.75, 3.05) is 38.1 Å². The average Bonchev–Trinajstić information content (AvgIpc) is 3.25. The highest BCUT2D eigenvalue weighted by atomic mass is 16.5. The zero-order chi connectivity index (χ0) is 23.0. The number of quaternary nitrogens is 1. The number of likely N-dealkylation sites (N-methyl/N-ethyl adjacent to an activating group) is 1. The summed E-state index contributed by atoms with van der Waals surface area (Å²) in [4.78, 5) is 19.5. The molecule has 9 heteroatoms. The largest absolute Gasteiger partial charge is 0.345 e. The van der Waals surface area contributed by atoms with E-state index < -0.39 is 0 Å². The topological polar surface area (TPSA) is 97.0 Å². The molecule has 1 aliphatic rings. The minimum atomic E-state index is -0.0319. The molecule has 0 spiro atoms. The number of hydroxylamine groups is 3. The molecule has 0 unspecified atom stereocenters. The first-order chi connectivity index (χ1) is 15.9. The highest BCUT2D eigenvalue weighted by Crippen LogP contribution is 2.24. The predicted molar refractivity (Wildman–Crippen MR) is 124 cm³/mol. The van der Waals surface area contributed by atoms with Crippen molar-refractivity contribution in [3.63, 3.8) is 0 Å². The van der Waals surface area contributed by atoms with Gasteiger partial charge in [0.25, 0.3) is 0 Å². The first-order valence-corrected chi connectivity index (χ1v) is 10.9. The van der Waals surface area contributed by atoms with Crippen LogP contribution in [0.25, 0.3) is 22.0 Å². The number of aryl methyl sites for hydroxylation is 1. The fraction of sp³-hybridized carbons (Fsp3) is 0.292. The van der Waals surface area contributed by atoms with E-state index in [1.165, 1.54) is 0 Å². The Morgan fingerprint density at radius 2 is 1.91 bits per heavy atom. The summed E-state index contributed by atoms with van der Waals surface area (Å²) in [6.45, 7) is 2.61. The van der Waals surface area contributed by atoms with E-state index in [1.54, 1.807) is 24.0 Å². The fourth-order valence-electron chi connectivity index (χ4n) is 4.08. The number of piperazine rings is 1. The Bertz CT molecular complexity index is 1320. The summed E-state index contributed by atoms with van der Waals surface area (Å²) >= 11 is 0. The maximum Gasteiger partial charge on any atom is 0.169 e. The number of nitrogens with zero attached hydrogens (tertiary/aromatic N) is 7. The number of hydrogen-bond acceptors (Lipinski definition) is 7. The third-order valence-corrected chi connectivity index (χ3v) is 6.11. The van der Waals surface area contributed by atoms with Crippen LogP contribution in [0.15, 0.2) is 55.0 Å². The molecule has 1 aromatic carbocycles. The Hall–Kier alpha value is -3.69. The first kappa shape index (κ1) is 21.2. The number of hydrogen-bond donors (Lipinski definition) is 1. The van der Waals surface area contributed by atoms with Crippen LogP contribution in [0.1, 0.15) is 16.1 Å². The molecule has 1 saturated heterocycles. The highest BCUT2D eigenvalue weighted by molar-refractivity contribution is 5.98. The van der Waals surface area contributed by atoms with Gasteiger partial charge in [0.2, 0.25) is 0 Å². The normalized spacial score (nSPS) is 15.7. The van der Waals surface area contributed by atoms with Crippen molar-refractivity contribution in [3.8, 4) is 11.1 Å². The number of carbonyl (C=O) groups is 1. The van der Waals surface area contributed by atoms with E-state index in [9.17, 15) is 10.0 Å². The van der Waals surface area contributed by atoms with Crippen LogP contribution >= 0.6 is 0 Å². The smallest absolute Gasteiger partial charge is 0.169 e. The Morgan fingerprint density at radius 3 is 2.67 bits per heavy atom. The van der Waals surface area contributed by atoms with Gasteiger partial charge in [-0.3, -0.25) is 9.48 Å². The van der Waals surface area contributed by atoms with Crippen LogP contribution in [0.4, 0.5) is 5.82 Å². The van der Waals surface area contributed by atoms with Crippen molar-refractivity contribution in [1.29, 1.82) is 0 Å². The van der Waals surface area contributed by atoms with Gasteiger partial charge in [-0.25, -0.2) is 10.2 Å². The van der Waals surface area contributed by atoms with Crippen molar-refractivity contribution >= 4 is 22.5 Å². The van der Waals surface area contributed by atoms with Gasteiger partial charge in [-0.2, -0.15) is 19.9 Å². The molecule has 4 heterocycles. The highest BCUT2D eigenvalue weighted by Gasteiger charge is 2.28. The number of anilines is 1. The number of pyridine rings is 1. The molecule has 5 rings (SSSR count). The minimum absolute atomic E-state index is 0.0122. The lowest BCUT2D eigenvalue weighted by molar-refractivity contribution is -1.09. The van der Waals surface area contributed by atoms with E-state index in [2.05, 4.69) is 25.2 Å². The Kier molecular flexibility index (Phi) is 5.35. The van der Waals surface area contributed by atoms with E-state index in [0.717, 1.165) is 27.8 Å². The molecule has 0 amide bonds. The number of ketones is 1. The second kappa shape index (κ2) is 8.34. The number of carbonyl (C=O) groups excluding carboxylic acids is 1. The van der Waals surface area contributed by atoms with Crippen molar-refractivity contribution in [3.05, 3.63) is 66.2 Å². The van der Waals surface area contributed by atoms with Crippen molar-refractivity contribution in [2.45, 2.75) is 6.42 Å². The standard InChI is InChI=1S/C24H26N7O2/c1-29-16-20(15-26-29)17-3-4-22-19(11-17)12-21(27-28-22)14-23(32)18-5-6-25-24(13-18)30-7-9-31(2,33)10-8-30/h3-6,11-13,15-16,33H,7-10,14H2,1-2H3/q+1. The average molecular weight is 445 g/mol. The van der Waals surface area contributed by atoms with Crippen LogP contribution < -0.4 is 4.90 Å². The lowest BCUT2D eigenvalue weighted by Gasteiger charge is -2.36. The Balaban J connectivity index is 1.34. The zero-order valence-corrected chi connectivity index (χ0v) is 18.7. The van der Waals surface area contributed by atoms with Gasteiger partial charge < -0.3 is 4.90 Å². The molecule has 0 atom stereocenters. The SMILES string of the molecule is Cn1cc(-c2ccc3nnc(CC(=O)c4ccnc(N5CC[N+](C)(O)CC5)c4)cc3c2)cn1. The fourth-order valence-corrected chi connectivity index (χ4v) is 4.08. The molecule has 4 aromatic rings. The molecule has 168 valence electrons. The van der Waals surface area contributed by atoms with Gasteiger partial charge in [-0.1, -0.05) is 6.07 Å². The van der Waals surface area contributed by atoms with Crippen LogP contribution in [0, 0.1) is 0 Å². The predicted octanol–water partition coefficient (Wildman–Crippen LogP) is 2.51. The van der Waals surface area contributed by atoms with E-state index in [-0.39, 0.29) is 16.9 Å². The van der Waals surface area contributed by atoms with Crippen molar-refractivity contribution in [2.24, 2.45) is 7.05 Å². The molecule has 3 aromatic heterocycles. The summed E-state index contributed by atoms with van der Waals surface area (Å²) < 4.78 is 1.78. The van der Waals surface area contributed by atoms with Crippen LogP contribution in [0.3, 0.4) is 0 Å². The van der Waals surface area contributed by atoms with Gasteiger partial charge >= 0.3 is 0 Å². The first-order valence-electron chi connectivity index (χ1n) is 10.9. The van der Waals surface area contributed by atoms with Gasteiger partial charge in [0.1, 0.15) is 18.9 Å². The van der Waals surface area contributed by atoms with Crippen LogP contribution in [0.5, 0.6) is 0 Å². The maximum absolute atomic E-state index is 13.0. The Morgan fingerprint density at radius 1 is 1.09 bits per heavy atom. The van der Waals surface area contributed by atoms with Crippen LogP contribution in [-0.2, 0) is 13.5 Å². The molecule has 0 aliphatic carbocycles. The number of Topliss-reactive ketones (excluding diaryl/α,β-unsaturated/α-hetero) is 1. The maximum atomic E-state index is 13.0. The van der Waals surface area contributed by atoms with E-state index in [4.69, 9.17) is 0 Å². The van der Waals surface area contributed by atoms with Gasteiger partial charge in [0, 0.05) is 36.0 Å². The molecule has 33 heavy (non-hydrogen) atoms. The lowest BCUT2D eigenvalue weighted by atomic mass is 10.0. The van der Waals surface area contributed by atoms with Crippen LogP contribution in [0.2, 0.25) is 0 Å².